The highest BCUT2D eigenvalue weighted by Gasteiger charge is 2.50. The summed E-state index contributed by atoms with van der Waals surface area (Å²) in [5, 5.41) is 16.2. The van der Waals surface area contributed by atoms with Crippen LogP contribution in [0.4, 0.5) is 18.9 Å². The summed E-state index contributed by atoms with van der Waals surface area (Å²) in [6, 6.07) is 6.58. The predicted octanol–water partition coefficient (Wildman–Crippen LogP) is 5.31. The number of amides is 2. The third-order valence-corrected chi connectivity index (χ3v) is 8.75. The Kier molecular flexibility index (Phi) is 7.98. The van der Waals surface area contributed by atoms with E-state index >= 15 is 8.78 Å². The maximum Gasteiger partial charge on any atom is 0.482 e. The van der Waals surface area contributed by atoms with Crippen molar-refractivity contribution in [2.24, 2.45) is 11.7 Å². The number of anilines is 1. The van der Waals surface area contributed by atoms with Gasteiger partial charge in [-0.3, -0.25) is 19.5 Å². The topological polar surface area (TPSA) is 162 Å². The van der Waals surface area contributed by atoms with Gasteiger partial charge in [0.05, 0.1) is 58.1 Å². The predicted molar refractivity (Wildman–Crippen MR) is 170 cm³/mol. The summed E-state index contributed by atoms with van der Waals surface area (Å²) < 4.78 is 50.4. The molecule has 12 nitrogen and oxygen atoms in total. The fourth-order valence-electron chi connectivity index (χ4n) is 5.99. The van der Waals surface area contributed by atoms with Crippen LogP contribution < -0.4 is 15.4 Å². The number of nitrogens with zero attached hydrogens (tertiary/aromatic N) is 7. The Bertz CT molecular complexity index is 2120. The fraction of sp³-hybridized carbons (Fsp3) is 0.303. The van der Waals surface area contributed by atoms with Crippen molar-refractivity contribution in [2.75, 3.05) is 4.90 Å². The normalized spacial score (nSPS) is 16.7. The zero-order valence-electron chi connectivity index (χ0n) is 26.1. The molecule has 2 amide bonds. The Morgan fingerprint density at radius 3 is 2.51 bits per heavy atom. The Morgan fingerprint density at radius 1 is 1.14 bits per heavy atom. The summed E-state index contributed by atoms with van der Waals surface area (Å²) in [5.41, 5.74) is 7.51. The van der Waals surface area contributed by atoms with Gasteiger partial charge in [-0.2, -0.15) is 13.9 Å². The van der Waals surface area contributed by atoms with Crippen LogP contribution in [-0.2, 0) is 17.8 Å². The van der Waals surface area contributed by atoms with Gasteiger partial charge in [-0.05, 0) is 68.9 Å². The van der Waals surface area contributed by atoms with E-state index in [1.165, 1.54) is 42.1 Å². The van der Waals surface area contributed by atoms with Gasteiger partial charge in [0.1, 0.15) is 11.7 Å². The molecule has 0 spiro atoms. The van der Waals surface area contributed by atoms with Crippen molar-refractivity contribution in [3.63, 3.8) is 0 Å². The molecule has 4 aromatic heterocycles. The quantitative estimate of drug-likeness (QED) is 0.209. The number of nitrogens with two attached hydrogens (primary N) is 1. The monoisotopic (exact) mass is 692 g/mol. The number of aliphatic hydroxyl groups is 1. The number of fused-ring (bicyclic) bond motifs is 2. The number of aliphatic hydroxyl groups excluding tert-OH is 1. The Balaban J connectivity index is 1.46. The molecule has 0 saturated heterocycles. The van der Waals surface area contributed by atoms with E-state index in [1.807, 2.05) is 0 Å². The van der Waals surface area contributed by atoms with Gasteiger partial charge in [0.2, 0.25) is 0 Å². The van der Waals surface area contributed by atoms with E-state index in [4.69, 9.17) is 27.1 Å². The lowest BCUT2D eigenvalue weighted by atomic mass is 9.91. The van der Waals surface area contributed by atoms with E-state index in [9.17, 15) is 19.1 Å². The standard InChI is InChI=1S/C33H28ClF3N8O4/c1-15(30-40-12-20(35)13-41-30)45-31-27(28(43-45)16(2)46)25(26(29(38)47)22(42-31)9-17-3-4-17)18-5-8-23-24(10-18)49-33(36,37)32(48)44(23)14-21-7-6-19(34)11-39-21/h5-8,10-13,15-17,46H,3-4,9,14H2,1-2H3,(H2,38,47)/t15-,16-/m1/s1. The molecule has 1 aromatic carbocycles. The van der Waals surface area contributed by atoms with Crippen molar-refractivity contribution in [1.82, 2.24) is 29.7 Å². The summed E-state index contributed by atoms with van der Waals surface area (Å²) in [5.74, 6) is -2.94. The molecule has 7 rings (SSSR count). The number of benzene rings is 1. The molecule has 0 unspecified atom stereocenters. The van der Waals surface area contributed by atoms with Gasteiger partial charge in [0.25, 0.3) is 5.91 Å². The molecule has 3 N–H and O–H groups in total. The highest BCUT2D eigenvalue weighted by atomic mass is 35.5. The van der Waals surface area contributed by atoms with Crippen LogP contribution in [0.5, 0.6) is 5.75 Å². The minimum absolute atomic E-state index is 0.0346. The first-order valence-corrected chi connectivity index (χ1v) is 15.7. The Hall–Kier alpha value is -5.15. The second-order valence-electron chi connectivity index (χ2n) is 12.1. The lowest BCUT2D eigenvalue weighted by Gasteiger charge is -2.33. The molecule has 1 aliphatic heterocycles. The molecule has 5 heterocycles. The van der Waals surface area contributed by atoms with Crippen LogP contribution in [-0.4, -0.2) is 52.7 Å². The Morgan fingerprint density at radius 2 is 1.88 bits per heavy atom. The van der Waals surface area contributed by atoms with Crippen molar-refractivity contribution in [1.29, 1.82) is 0 Å². The fourth-order valence-corrected chi connectivity index (χ4v) is 6.10. The van der Waals surface area contributed by atoms with Gasteiger partial charge in [-0.15, -0.1) is 0 Å². The maximum absolute atomic E-state index is 15.1. The first kappa shape index (κ1) is 32.4. The van der Waals surface area contributed by atoms with Crippen molar-refractivity contribution in [2.45, 2.75) is 57.9 Å². The first-order chi connectivity index (χ1) is 23.3. The number of halogens is 4. The average molecular weight is 693 g/mol. The molecular weight excluding hydrogens is 665 g/mol. The molecule has 5 aromatic rings. The molecule has 0 bridgehead atoms. The van der Waals surface area contributed by atoms with Gasteiger partial charge >= 0.3 is 12.0 Å². The van der Waals surface area contributed by atoms with E-state index < -0.39 is 35.9 Å². The van der Waals surface area contributed by atoms with Crippen molar-refractivity contribution in [3.8, 4) is 16.9 Å². The van der Waals surface area contributed by atoms with E-state index in [2.05, 4.69) is 20.1 Å². The number of hydrogen-bond acceptors (Lipinski definition) is 9. The molecule has 2 aliphatic rings. The molecule has 2 atom stereocenters. The van der Waals surface area contributed by atoms with Crippen LogP contribution in [0.15, 0.2) is 48.9 Å². The number of carbonyl (C=O) groups excluding carboxylic acids is 2. The number of ether oxygens (including phenoxy) is 1. The molecule has 1 fully saturated rings. The van der Waals surface area contributed by atoms with Gasteiger partial charge < -0.3 is 15.6 Å². The molecular formula is C33H28ClF3N8O4. The molecule has 1 saturated carbocycles. The van der Waals surface area contributed by atoms with E-state index in [0.717, 1.165) is 30.1 Å². The zero-order valence-corrected chi connectivity index (χ0v) is 26.8. The lowest BCUT2D eigenvalue weighted by molar-refractivity contribution is -0.193. The average Bonchev–Trinajstić information content (AvgIpc) is 3.79. The molecule has 49 heavy (non-hydrogen) atoms. The van der Waals surface area contributed by atoms with Crippen LogP contribution in [0.1, 0.15) is 72.1 Å². The van der Waals surface area contributed by atoms with Crippen LogP contribution >= 0.6 is 11.6 Å². The van der Waals surface area contributed by atoms with E-state index in [1.54, 1.807) is 13.0 Å². The number of rotatable bonds is 9. The molecule has 0 radical (unpaired) electrons. The largest absolute Gasteiger partial charge is 0.482 e. The Labute approximate surface area is 281 Å². The summed E-state index contributed by atoms with van der Waals surface area (Å²) in [7, 11) is 0. The third-order valence-electron chi connectivity index (χ3n) is 8.52. The minimum atomic E-state index is -4.23. The van der Waals surface area contributed by atoms with Crippen LogP contribution in [0.2, 0.25) is 5.02 Å². The van der Waals surface area contributed by atoms with Gasteiger partial charge in [0.15, 0.2) is 23.0 Å². The first-order valence-electron chi connectivity index (χ1n) is 15.4. The second kappa shape index (κ2) is 12.1. The van der Waals surface area contributed by atoms with Crippen LogP contribution in [0.3, 0.4) is 0 Å². The number of aromatic nitrogens is 6. The van der Waals surface area contributed by atoms with Crippen LogP contribution in [0.25, 0.3) is 22.2 Å². The smallest absolute Gasteiger partial charge is 0.423 e. The number of hydrogen-bond donors (Lipinski definition) is 2. The summed E-state index contributed by atoms with van der Waals surface area (Å²) >= 11 is 5.93. The number of primary amides is 1. The summed E-state index contributed by atoms with van der Waals surface area (Å²) in [6.07, 6.45) is 0.179. The van der Waals surface area contributed by atoms with Crippen molar-refractivity contribution < 1.29 is 32.6 Å². The summed E-state index contributed by atoms with van der Waals surface area (Å²) in [4.78, 5) is 44.2. The minimum Gasteiger partial charge on any atom is -0.423 e. The molecule has 252 valence electrons. The maximum atomic E-state index is 15.1. The highest BCUT2D eigenvalue weighted by molar-refractivity contribution is 6.30. The SMILES string of the molecule is C[C@H](c1ncc(F)cn1)n1nc([C@@H](C)O)c2c(-c3ccc4c(c3)OC(F)(F)C(=O)N4Cc3ccc(Cl)cn3)c(C(N)=O)c(CC3CC3)nc21. The van der Waals surface area contributed by atoms with Crippen LogP contribution in [0, 0.1) is 11.7 Å². The molecule has 1 aliphatic carbocycles. The van der Waals surface area contributed by atoms with Crippen molar-refractivity contribution >= 4 is 40.1 Å². The molecule has 16 heteroatoms. The van der Waals surface area contributed by atoms with E-state index in [0.29, 0.717) is 22.8 Å². The third kappa shape index (κ3) is 5.93. The van der Waals surface area contributed by atoms with Crippen molar-refractivity contribution in [3.05, 3.63) is 88.2 Å². The number of carbonyl (C=O) groups is 2. The number of pyridine rings is 2. The van der Waals surface area contributed by atoms with E-state index in [-0.39, 0.29) is 63.1 Å². The van der Waals surface area contributed by atoms with Gasteiger partial charge in [-0.25, -0.2) is 24.0 Å². The lowest BCUT2D eigenvalue weighted by Crippen LogP contribution is -2.50. The van der Waals surface area contributed by atoms with Gasteiger partial charge in [0, 0.05) is 11.8 Å². The summed E-state index contributed by atoms with van der Waals surface area (Å²) in [6.45, 7) is 2.88. The second-order valence-corrected chi connectivity index (χ2v) is 12.6. The zero-order chi connectivity index (χ0) is 34.8. The van der Waals surface area contributed by atoms with Gasteiger partial charge in [-0.1, -0.05) is 17.7 Å². The number of alkyl halides is 2. The highest BCUT2D eigenvalue weighted by Crippen LogP contribution is 2.46.